The van der Waals surface area contributed by atoms with Crippen molar-refractivity contribution in [3.05, 3.63) is 18.3 Å². The lowest BCUT2D eigenvalue weighted by molar-refractivity contribution is 0.280. The van der Waals surface area contributed by atoms with Crippen molar-refractivity contribution < 1.29 is 8.42 Å². The zero-order valence-corrected chi connectivity index (χ0v) is 12.5. The Bertz CT molecular complexity index is 585. The second kappa shape index (κ2) is 5.00. The fourth-order valence-corrected chi connectivity index (χ4v) is 4.93. The molecule has 3 unspecified atom stereocenters. The molecule has 0 saturated heterocycles. The number of nitrogens with two attached hydrogens (primary N) is 1. The van der Waals surface area contributed by atoms with E-state index >= 15 is 0 Å². The molecule has 2 fully saturated rings. The van der Waals surface area contributed by atoms with Gasteiger partial charge in [-0.25, -0.2) is 17.7 Å². The van der Waals surface area contributed by atoms with E-state index in [1.807, 2.05) is 0 Å². The summed E-state index contributed by atoms with van der Waals surface area (Å²) >= 11 is 0. The first kappa shape index (κ1) is 13.8. The second-order valence-corrected chi connectivity index (χ2v) is 8.18. The predicted molar refractivity (Wildman–Crippen MR) is 77.4 cm³/mol. The second-order valence-electron chi connectivity index (χ2n) is 6.14. The van der Waals surface area contributed by atoms with E-state index < -0.39 is 10.0 Å². The first-order valence-corrected chi connectivity index (χ1v) is 8.58. The van der Waals surface area contributed by atoms with Gasteiger partial charge in [0.2, 0.25) is 10.0 Å². The Morgan fingerprint density at radius 3 is 2.70 bits per heavy atom. The van der Waals surface area contributed by atoms with E-state index in [2.05, 4.69) is 4.98 Å². The molecule has 6 heteroatoms. The predicted octanol–water partition coefficient (Wildman–Crippen LogP) is 1.72. The molecule has 0 radical (unpaired) electrons. The minimum atomic E-state index is -3.44. The van der Waals surface area contributed by atoms with Gasteiger partial charge in [-0.15, -0.1) is 0 Å². The molecule has 110 valence electrons. The maximum atomic E-state index is 12.5. The highest BCUT2D eigenvalue weighted by Crippen LogP contribution is 2.48. The Hall–Kier alpha value is -1.14. The average Bonchev–Trinajstić information content (AvgIpc) is 3.01. The summed E-state index contributed by atoms with van der Waals surface area (Å²) in [6, 6.07) is 3.05. The summed E-state index contributed by atoms with van der Waals surface area (Å²) in [4.78, 5) is 4.09. The van der Waals surface area contributed by atoms with Gasteiger partial charge in [0.15, 0.2) is 0 Å². The number of hydrogen-bond acceptors (Lipinski definition) is 4. The Balaban J connectivity index is 1.72. The van der Waals surface area contributed by atoms with Crippen LogP contribution in [-0.4, -0.2) is 31.3 Å². The van der Waals surface area contributed by atoms with Crippen molar-refractivity contribution in [3.63, 3.8) is 0 Å². The fraction of sp³-hybridized carbons (Fsp3) is 0.643. The number of nitrogens with zero attached hydrogens (tertiary/aromatic N) is 2. The van der Waals surface area contributed by atoms with Crippen LogP contribution in [0.5, 0.6) is 0 Å². The van der Waals surface area contributed by atoms with Crippen molar-refractivity contribution in [1.29, 1.82) is 0 Å². The Kier molecular flexibility index (Phi) is 3.46. The third kappa shape index (κ3) is 2.42. The molecule has 2 N–H and O–H groups in total. The van der Waals surface area contributed by atoms with E-state index in [0.717, 1.165) is 11.8 Å². The van der Waals surface area contributed by atoms with E-state index in [1.165, 1.54) is 48.3 Å². The summed E-state index contributed by atoms with van der Waals surface area (Å²) in [5.41, 5.74) is 5.50. The highest BCUT2D eigenvalue weighted by atomic mass is 32.2. The van der Waals surface area contributed by atoms with Gasteiger partial charge >= 0.3 is 0 Å². The maximum absolute atomic E-state index is 12.5. The Labute approximate surface area is 120 Å². The quantitative estimate of drug-likeness (QED) is 0.917. The molecule has 3 atom stereocenters. The molecule has 2 saturated carbocycles. The molecule has 2 bridgehead atoms. The third-order valence-corrected chi connectivity index (χ3v) is 6.65. The third-order valence-electron chi connectivity index (χ3n) is 4.84. The van der Waals surface area contributed by atoms with Crippen LogP contribution in [0.2, 0.25) is 0 Å². The van der Waals surface area contributed by atoms with E-state index in [-0.39, 0.29) is 4.90 Å². The molecule has 1 aromatic rings. The van der Waals surface area contributed by atoms with E-state index in [0.29, 0.717) is 18.3 Å². The van der Waals surface area contributed by atoms with Gasteiger partial charge in [0, 0.05) is 19.8 Å². The lowest BCUT2D eigenvalue weighted by atomic mass is 9.89. The fourth-order valence-electron chi connectivity index (χ4n) is 3.75. The normalized spacial score (nSPS) is 29.2. The molecule has 1 heterocycles. The van der Waals surface area contributed by atoms with Gasteiger partial charge in [-0.2, -0.15) is 0 Å². The van der Waals surface area contributed by atoms with Gasteiger partial charge in [0.25, 0.3) is 0 Å². The molecular weight excluding hydrogens is 274 g/mol. The number of sulfonamides is 1. The van der Waals surface area contributed by atoms with Crippen molar-refractivity contribution in [2.24, 2.45) is 17.8 Å². The number of aromatic nitrogens is 1. The van der Waals surface area contributed by atoms with Gasteiger partial charge in [0.05, 0.1) is 0 Å². The van der Waals surface area contributed by atoms with Crippen LogP contribution in [0, 0.1) is 17.8 Å². The molecular formula is C14H21N3O2S. The Morgan fingerprint density at radius 1 is 1.35 bits per heavy atom. The largest absolute Gasteiger partial charge is 0.384 e. The number of anilines is 1. The lowest BCUT2D eigenvalue weighted by Gasteiger charge is -2.26. The van der Waals surface area contributed by atoms with Crippen molar-refractivity contribution in [1.82, 2.24) is 9.29 Å². The van der Waals surface area contributed by atoms with Gasteiger partial charge in [0.1, 0.15) is 10.7 Å². The van der Waals surface area contributed by atoms with Gasteiger partial charge in [-0.1, -0.05) is 6.42 Å². The summed E-state index contributed by atoms with van der Waals surface area (Å²) in [6.07, 6.45) is 6.42. The molecule has 3 rings (SSSR count). The maximum Gasteiger partial charge on any atom is 0.244 e. The van der Waals surface area contributed by atoms with Crippen LogP contribution in [0.25, 0.3) is 0 Å². The lowest BCUT2D eigenvalue weighted by Crippen LogP contribution is -2.33. The minimum absolute atomic E-state index is 0.220. The zero-order valence-electron chi connectivity index (χ0n) is 11.7. The summed E-state index contributed by atoms with van der Waals surface area (Å²) in [5.74, 6) is 2.41. The van der Waals surface area contributed by atoms with Crippen LogP contribution in [0.4, 0.5) is 5.82 Å². The van der Waals surface area contributed by atoms with E-state index in [4.69, 9.17) is 5.73 Å². The molecule has 2 aliphatic rings. The highest BCUT2D eigenvalue weighted by Gasteiger charge is 2.40. The van der Waals surface area contributed by atoms with Crippen molar-refractivity contribution in [2.45, 2.75) is 30.6 Å². The molecule has 2 aliphatic carbocycles. The molecule has 0 amide bonds. The van der Waals surface area contributed by atoms with E-state index in [9.17, 15) is 8.42 Å². The molecule has 1 aromatic heterocycles. The number of fused-ring (bicyclic) bond motifs is 2. The van der Waals surface area contributed by atoms with Crippen LogP contribution in [0.3, 0.4) is 0 Å². The van der Waals surface area contributed by atoms with Crippen LogP contribution < -0.4 is 5.73 Å². The summed E-state index contributed by atoms with van der Waals surface area (Å²) in [5, 5.41) is 0. The average molecular weight is 295 g/mol. The van der Waals surface area contributed by atoms with Crippen LogP contribution in [-0.2, 0) is 10.0 Å². The molecule has 5 nitrogen and oxygen atoms in total. The van der Waals surface area contributed by atoms with Crippen molar-refractivity contribution in [3.8, 4) is 0 Å². The smallest absolute Gasteiger partial charge is 0.244 e. The van der Waals surface area contributed by atoms with Crippen molar-refractivity contribution in [2.75, 3.05) is 19.3 Å². The number of rotatable bonds is 4. The molecule has 0 spiro atoms. The molecule has 20 heavy (non-hydrogen) atoms. The first-order valence-electron chi connectivity index (χ1n) is 7.14. The SMILES string of the molecule is CN(CC1CC2CCC1C2)S(=O)(=O)c1ccc(N)nc1. The van der Waals surface area contributed by atoms with Crippen molar-refractivity contribution >= 4 is 15.8 Å². The van der Waals surface area contributed by atoms with Crippen LogP contribution in [0.15, 0.2) is 23.2 Å². The van der Waals surface area contributed by atoms with E-state index in [1.54, 1.807) is 7.05 Å². The molecule has 0 aliphatic heterocycles. The number of nitrogen functional groups attached to an aromatic ring is 1. The summed E-state index contributed by atoms with van der Waals surface area (Å²) in [6.45, 7) is 0.619. The first-order chi connectivity index (χ1) is 9.46. The topological polar surface area (TPSA) is 76.3 Å². The standard InChI is InChI=1S/C14H21N3O2S/c1-17(9-12-7-10-2-3-11(12)6-10)20(18,19)13-4-5-14(15)16-8-13/h4-5,8,10-12H,2-3,6-7,9H2,1H3,(H2,15,16). The van der Waals surface area contributed by atoms with Crippen LogP contribution >= 0.6 is 0 Å². The Morgan fingerprint density at radius 2 is 2.15 bits per heavy atom. The summed E-state index contributed by atoms with van der Waals surface area (Å²) in [7, 11) is -1.78. The molecule has 0 aromatic carbocycles. The van der Waals surface area contributed by atoms with Gasteiger partial charge in [-0.3, -0.25) is 0 Å². The number of pyridine rings is 1. The van der Waals surface area contributed by atoms with Crippen LogP contribution in [0.1, 0.15) is 25.7 Å². The number of hydrogen-bond donors (Lipinski definition) is 1. The summed E-state index contributed by atoms with van der Waals surface area (Å²) < 4.78 is 26.4. The highest BCUT2D eigenvalue weighted by molar-refractivity contribution is 7.89. The van der Waals surface area contributed by atoms with Gasteiger partial charge < -0.3 is 5.73 Å². The minimum Gasteiger partial charge on any atom is -0.384 e. The zero-order chi connectivity index (χ0) is 14.3. The van der Waals surface area contributed by atoms with Gasteiger partial charge in [-0.05, 0) is 49.1 Å². The monoisotopic (exact) mass is 295 g/mol.